The average molecular weight is 264 g/mol. The number of amides is 1. The summed E-state index contributed by atoms with van der Waals surface area (Å²) in [6.45, 7) is 1.70. The minimum atomic E-state index is -0.360. The van der Waals surface area contributed by atoms with E-state index in [-0.39, 0.29) is 11.7 Å². The number of hydrazone groups is 1. The predicted molar refractivity (Wildman–Crippen MR) is 66.1 cm³/mol. The van der Waals surface area contributed by atoms with Gasteiger partial charge in [0.05, 0.1) is 11.9 Å². The van der Waals surface area contributed by atoms with Gasteiger partial charge in [-0.25, -0.2) is 9.82 Å². The Morgan fingerprint density at radius 1 is 1.44 bits per heavy atom. The maximum absolute atomic E-state index is 12.6. The second-order valence-corrected chi connectivity index (χ2v) is 4.19. The van der Waals surface area contributed by atoms with Crippen molar-refractivity contribution in [2.45, 2.75) is 6.92 Å². The van der Waals surface area contributed by atoms with Crippen molar-refractivity contribution in [2.75, 3.05) is 0 Å². The molecule has 0 radical (unpaired) electrons. The standard InChI is InChI=1S/C11H9FN4OS/c1-7-10(18-16-14-7)11(17)15-13-6-8-2-4-9(12)5-3-8/h2-6H,1H3,(H,15,17). The van der Waals surface area contributed by atoms with E-state index in [1.165, 1.54) is 18.3 Å². The van der Waals surface area contributed by atoms with E-state index in [0.29, 0.717) is 16.1 Å². The van der Waals surface area contributed by atoms with Gasteiger partial charge in [-0.3, -0.25) is 4.79 Å². The van der Waals surface area contributed by atoms with Crippen molar-refractivity contribution in [3.8, 4) is 0 Å². The first kappa shape index (κ1) is 12.3. The van der Waals surface area contributed by atoms with Gasteiger partial charge in [-0.1, -0.05) is 16.6 Å². The van der Waals surface area contributed by atoms with Crippen LogP contribution in [0.2, 0.25) is 0 Å². The molecule has 1 aromatic heterocycles. The molecule has 0 bridgehead atoms. The fourth-order valence-corrected chi connectivity index (χ4v) is 1.75. The van der Waals surface area contributed by atoms with Crippen LogP contribution in [0, 0.1) is 12.7 Å². The number of hydrogen-bond donors (Lipinski definition) is 1. The molecule has 0 aliphatic heterocycles. The third kappa shape index (κ3) is 2.95. The highest BCUT2D eigenvalue weighted by Gasteiger charge is 2.11. The molecule has 0 aliphatic carbocycles. The Balaban J connectivity index is 1.98. The number of benzene rings is 1. The highest BCUT2D eigenvalue weighted by atomic mass is 32.1. The number of carbonyl (C=O) groups is 1. The zero-order valence-electron chi connectivity index (χ0n) is 9.42. The quantitative estimate of drug-likeness (QED) is 0.678. The van der Waals surface area contributed by atoms with Crippen LogP contribution in [-0.2, 0) is 0 Å². The largest absolute Gasteiger partial charge is 0.285 e. The first-order valence-corrected chi connectivity index (χ1v) is 5.82. The molecule has 0 spiro atoms. The summed E-state index contributed by atoms with van der Waals surface area (Å²) in [5.41, 5.74) is 3.61. The third-order valence-corrected chi connectivity index (χ3v) is 2.93. The van der Waals surface area contributed by atoms with Crippen LogP contribution in [0.3, 0.4) is 0 Å². The number of carbonyl (C=O) groups excluding carboxylic acids is 1. The van der Waals surface area contributed by atoms with Gasteiger partial charge in [0.1, 0.15) is 10.7 Å². The molecule has 2 rings (SSSR count). The Bertz CT molecular complexity index is 579. The van der Waals surface area contributed by atoms with Crippen molar-refractivity contribution < 1.29 is 9.18 Å². The maximum atomic E-state index is 12.6. The highest BCUT2D eigenvalue weighted by Crippen LogP contribution is 2.08. The number of aromatic nitrogens is 2. The van der Waals surface area contributed by atoms with Crippen LogP contribution in [0.5, 0.6) is 0 Å². The normalized spacial score (nSPS) is 10.8. The van der Waals surface area contributed by atoms with Gasteiger partial charge in [-0.05, 0) is 36.2 Å². The van der Waals surface area contributed by atoms with Crippen LogP contribution >= 0.6 is 11.5 Å². The van der Waals surface area contributed by atoms with E-state index >= 15 is 0 Å². The molecule has 92 valence electrons. The van der Waals surface area contributed by atoms with E-state index in [0.717, 1.165) is 11.5 Å². The molecule has 0 saturated carbocycles. The van der Waals surface area contributed by atoms with Gasteiger partial charge in [0.25, 0.3) is 5.91 Å². The van der Waals surface area contributed by atoms with Gasteiger partial charge in [0.2, 0.25) is 0 Å². The number of nitrogens with zero attached hydrogens (tertiary/aromatic N) is 3. The monoisotopic (exact) mass is 264 g/mol. The first-order valence-electron chi connectivity index (χ1n) is 5.05. The van der Waals surface area contributed by atoms with Crippen molar-refractivity contribution in [1.29, 1.82) is 0 Å². The summed E-state index contributed by atoms with van der Waals surface area (Å²) in [4.78, 5) is 12.0. The molecule has 1 N–H and O–H groups in total. The van der Waals surface area contributed by atoms with Crippen molar-refractivity contribution in [3.05, 3.63) is 46.2 Å². The smallest absolute Gasteiger partial charge is 0.266 e. The average Bonchev–Trinajstić information content (AvgIpc) is 2.78. The summed E-state index contributed by atoms with van der Waals surface area (Å²) in [5, 5.41) is 7.50. The number of hydrogen-bond acceptors (Lipinski definition) is 5. The lowest BCUT2D eigenvalue weighted by Crippen LogP contribution is -2.17. The Morgan fingerprint density at radius 3 is 2.78 bits per heavy atom. The molecule has 18 heavy (non-hydrogen) atoms. The van der Waals surface area contributed by atoms with Crippen LogP contribution in [0.4, 0.5) is 4.39 Å². The van der Waals surface area contributed by atoms with Crippen molar-refractivity contribution in [3.63, 3.8) is 0 Å². The molecule has 0 atom stereocenters. The fraction of sp³-hybridized carbons (Fsp3) is 0.0909. The summed E-state index contributed by atoms with van der Waals surface area (Å²) in [5.74, 6) is -0.677. The molecule has 1 amide bonds. The van der Waals surface area contributed by atoms with E-state index in [4.69, 9.17) is 0 Å². The summed E-state index contributed by atoms with van der Waals surface area (Å²) in [6, 6.07) is 5.76. The Kier molecular flexibility index (Phi) is 3.73. The molecule has 5 nitrogen and oxygen atoms in total. The van der Waals surface area contributed by atoms with Crippen molar-refractivity contribution >= 4 is 23.7 Å². The molecule has 1 aromatic carbocycles. The van der Waals surface area contributed by atoms with E-state index in [9.17, 15) is 9.18 Å². The first-order chi connectivity index (χ1) is 8.66. The van der Waals surface area contributed by atoms with Gasteiger partial charge in [-0.2, -0.15) is 5.10 Å². The molecule has 1 heterocycles. The van der Waals surface area contributed by atoms with Gasteiger partial charge in [-0.15, -0.1) is 5.10 Å². The number of nitrogens with one attached hydrogen (secondary N) is 1. The highest BCUT2D eigenvalue weighted by molar-refractivity contribution is 7.07. The lowest BCUT2D eigenvalue weighted by atomic mass is 10.2. The summed E-state index contributed by atoms with van der Waals surface area (Å²) < 4.78 is 16.3. The number of halogens is 1. The van der Waals surface area contributed by atoms with Crippen LogP contribution < -0.4 is 5.43 Å². The Labute approximate surface area is 107 Å². The predicted octanol–water partition coefficient (Wildman–Crippen LogP) is 1.75. The summed E-state index contributed by atoms with van der Waals surface area (Å²) >= 11 is 1.01. The Morgan fingerprint density at radius 2 is 2.17 bits per heavy atom. The molecule has 7 heteroatoms. The van der Waals surface area contributed by atoms with Crippen LogP contribution in [-0.4, -0.2) is 21.7 Å². The topological polar surface area (TPSA) is 67.2 Å². The van der Waals surface area contributed by atoms with E-state index < -0.39 is 0 Å². The van der Waals surface area contributed by atoms with E-state index in [1.54, 1.807) is 19.1 Å². The molecule has 2 aromatic rings. The Hall–Kier alpha value is -2.15. The number of rotatable bonds is 3. The molecular formula is C11H9FN4OS. The zero-order valence-corrected chi connectivity index (χ0v) is 10.2. The van der Waals surface area contributed by atoms with Gasteiger partial charge in [0.15, 0.2) is 0 Å². The second kappa shape index (κ2) is 5.46. The molecule has 0 fully saturated rings. The lowest BCUT2D eigenvalue weighted by molar-refractivity contribution is 0.0958. The van der Waals surface area contributed by atoms with Crippen LogP contribution in [0.15, 0.2) is 29.4 Å². The van der Waals surface area contributed by atoms with Crippen LogP contribution in [0.1, 0.15) is 20.9 Å². The minimum absolute atomic E-state index is 0.317. The van der Waals surface area contributed by atoms with E-state index in [2.05, 4.69) is 20.1 Å². The molecular weight excluding hydrogens is 255 g/mol. The SMILES string of the molecule is Cc1nnsc1C(=O)NN=Cc1ccc(F)cc1. The van der Waals surface area contributed by atoms with Gasteiger partial charge < -0.3 is 0 Å². The number of aryl methyl sites for hydroxylation is 1. The summed E-state index contributed by atoms with van der Waals surface area (Å²) in [7, 11) is 0. The van der Waals surface area contributed by atoms with Gasteiger partial charge in [0, 0.05) is 0 Å². The molecule has 0 saturated heterocycles. The molecule has 0 aliphatic rings. The zero-order chi connectivity index (χ0) is 13.0. The lowest BCUT2D eigenvalue weighted by Gasteiger charge is -1.96. The second-order valence-electron chi connectivity index (χ2n) is 3.44. The van der Waals surface area contributed by atoms with Gasteiger partial charge >= 0.3 is 0 Å². The van der Waals surface area contributed by atoms with Crippen LogP contribution in [0.25, 0.3) is 0 Å². The minimum Gasteiger partial charge on any atom is -0.266 e. The van der Waals surface area contributed by atoms with E-state index in [1.807, 2.05) is 0 Å². The van der Waals surface area contributed by atoms with Crippen molar-refractivity contribution in [1.82, 2.24) is 15.0 Å². The summed E-state index contributed by atoms with van der Waals surface area (Å²) in [6.07, 6.45) is 1.43. The maximum Gasteiger partial charge on any atom is 0.285 e. The third-order valence-electron chi connectivity index (χ3n) is 2.11. The van der Waals surface area contributed by atoms with Crippen molar-refractivity contribution in [2.24, 2.45) is 5.10 Å². The fourth-order valence-electron chi connectivity index (χ4n) is 1.20. The molecule has 0 unspecified atom stereocenters.